The van der Waals surface area contributed by atoms with Gasteiger partial charge in [-0.1, -0.05) is 26.2 Å². The maximum absolute atomic E-state index is 9.10. The predicted molar refractivity (Wildman–Crippen MR) is 97.1 cm³/mol. The van der Waals surface area contributed by atoms with Crippen LogP contribution < -0.4 is 4.74 Å². The number of unbranched alkanes of at least 4 members (excludes halogenated alkanes) is 3. The van der Waals surface area contributed by atoms with Gasteiger partial charge in [0.15, 0.2) is 0 Å². The summed E-state index contributed by atoms with van der Waals surface area (Å²) in [6.07, 6.45) is 9.67. The Balaban J connectivity index is 0.000000352. The van der Waals surface area contributed by atoms with Gasteiger partial charge in [-0.2, -0.15) is 4.37 Å². The molecule has 2 N–H and O–H groups in total. The molecule has 0 amide bonds. The molecule has 4 heterocycles. The largest absolute Gasteiger partial charge is 0.475 e. The molecule has 0 aromatic carbocycles. The molecule has 0 spiro atoms. The van der Waals surface area contributed by atoms with Crippen molar-refractivity contribution in [3.8, 4) is 5.88 Å². The number of hydrogen-bond acceptors (Lipinski definition) is 7. The standard InChI is InChI=1S/C15H23N3OS.C2H2O4/c1-2-3-4-5-10-19-15-14(16-20-17-15)13-11-18-8-6-12(13)7-9-18;3-1(4)2(5)6/h11-12H,2-10H2,1H3;(H,3,4)(H,5,6). The van der Waals surface area contributed by atoms with Crippen LogP contribution in [0.2, 0.25) is 0 Å². The second-order valence-corrected chi connectivity index (χ2v) is 6.86. The third-order valence-corrected chi connectivity index (χ3v) is 4.95. The van der Waals surface area contributed by atoms with E-state index in [9.17, 15) is 0 Å². The van der Waals surface area contributed by atoms with Crippen molar-refractivity contribution < 1.29 is 24.5 Å². The number of aromatic nitrogens is 2. The molecular formula is C17H25N3O5S. The van der Waals surface area contributed by atoms with Crippen LogP contribution in [0.15, 0.2) is 6.20 Å². The number of piperidine rings is 1. The lowest BCUT2D eigenvalue weighted by atomic mass is 9.84. The summed E-state index contributed by atoms with van der Waals surface area (Å²) in [6.45, 7) is 5.38. The zero-order valence-corrected chi connectivity index (χ0v) is 15.7. The first kappa shape index (κ1) is 20.2. The van der Waals surface area contributed by atoms with Gasteiger partial charge in [-0.15, -0.1) is 4.37 Å². The molecule has 0 unspecified atom stereocenters. The molecule has 0 aliphatic carbocycles. The number of rotatable bonds is 7. The van der Waals surface area contributed by atoms with Gasteiger partial charge < -0.3 is 19.8 Å². The lowest BCUT2D eigenvalue weighted by Gasteiger charge is -2.38. The molecule has 1 saturated heterocycles. The normalized spacial score (nSPS) is 15.9. The first-order chi connectivity index (χ1) is 12.5. The molecule has 1 aromatic heterocycles. The molecule has 0 radical (unpaired) electrons. The van der Waals surface area contributed by atoms with E-state index in [1.54, 1.807) is 0 Å². The Labute approximate surface area is 156 Å². The van der Waals surface area contributed by atoms with E-state index in [4.69, 9.17) is 24.5 Å². The Hall–Kier alpha value is -2.16. The first-order valence-electron chi connectivity index (χ1n) is 8.90. The Kier molecular flexibility index (Phi) is 7.83. The molecule has 8 nitrogen and oxygen atoms in total. The van der Waals surface area contributed by atoms with E-state index in [2.05, 4.69) is 26.8 Å². The minimum absolute atomic E-state index is 0.659. The van der Waals surface area contributed by atoms with Gasteiger partial charge in [0.25, 0.3) is 5.88 Å². The van der Waals surface area contributed by atoms with Gasteiger partial charge in [0.1, 0.15) is 5.69 Å². The second-order valence-electron chi connectivity index (χ2n) is 6.33. The molecule has 1 fully saturated rings. The average Bonchev–Trinajstić information content (AvgIpc) is 3.11. The maximum Gasteiger partial charge on any atom is 0.414 e. The second kappa shape index (κ2) is 10.1. The third-order valence-electron chi connectivity index (χ3n) is 4.44. The van der Waals surface area contributed by atoms with Crippen LogP contribution in [0.4, 0.5) is 0 Å². The van der Waals surface area contributed by atoms with E-state index in [1.807, 2.05) is 0 Å². The summed E-state index contributed by atoms with van der Waals surface area (Å²) in [5, 5.41) is 14.8. The van der Waals surface area contributed by atoms with E-state index in [0.29, 0.717) is 5.92 Å². The summed E-state index contributed by atoms with van der Waals surface area (Å²) in [5.74, 6) is -2.23. The zero-order valence-electron chi connectivity index (χ0n) is 14.9. The zero-order chi connectivity index (χ0) is 18.9. The highest BCUT2D eigenvalue weighted by atomic mass is 32.1. The number of nitrogens with zero attached hydrogens (tertiary/aromatic N) is 3. The van der Waals surface area contributed by atoms with Crippen LogP contribution in [-0.2, 0) is 9.59 Å². The van der Waals surface area contributed by atoms with Crippen LogP contribution in [-0.4, -0.2) is 55.5 Å². The van der Waals surface area contributed by atoms with Gasteiger partial charge in [0.05, 0.1) is 18.3 Å². The highest BCUT2D eigenvalue weighted by Crippen LogP contribution is 2.39. The Morgan fingerprint density at radius 2 is 1.88 bits per heavy atom. The summed E-state index contributed by atoms with van der Waals surface area (Å²) >= 11 is 1.27. The van der Waals surface area contributed by atoms with Gasteiger partial charge in [-0.3, -0.25) is 0 Å². The van der Waals surface area contributed by atoms with E-state index in [-0.39, 0.29) is 0 Å². The van der Waals surface area contributed by atoms with E-state index < -0.39 is 11.9 Å². The number of carboxylic acid groups (broad SMARTS) is 2. The number of carboxylic acids is 2. The fourth-order valence-electron chi connectivity index (χ4n) is 3.05. The summed E-state index contributed by atoms with van der Waals surface area (Å²) in [6, 6.07) is 0. The van der Waals surface area contributed by atoms with Crippen LogP contribution in [0.1, 0.15) is 51.1 Å². The summed E-state index contributed by atoms with van der Waals surface area (Å²) in [5.41, 5.74) is 2.35. The van der Waals surface area contributed by atoms with E-state index in [0.717, 1.165) is 24.6 Å². The highest BCUT2D eigenvalue weighted by Gasteiger charge is 2.31. The molecule has 144 valence electrons. The monoisotopic (exact) mass is 383 g/mol. The number of aliphatic carboxylic acids is 2. The van der Waals surface area contributed by atoms with Gasteiger partial charge in [-0.05, 0) is 25.2 Å². The van der Waals surface area contributed by atoms with Crippen LogP contribution >= 0.6 is 11.7 Å². The molecule has 3 aliphatic heterocycles. The van der Waals surface area contributed by atoms with Gasteiger partial charge in [0, 0.05) is 24.9 Å². The minimum Gasteiger partial charge on any atom is -0.475 e. The van der Waals surface area contributed by atoms with Crippen molar-refractivity contribution in [1.82, 2.24) is 13.6 Å². The molecule has 0 atom stereocenters. The number of allylic oxidation sites excluding steroid dienone is 1. The summed E-state index contributed by atoms with van der Waals surface area (Å²) < 4.78 is 14.7. The number of carbonyl (C=O) groups is 2. The summed E-state index contributed by atoms with van der Waals surface area (Å²) in [7, 11) is 0. The smallest absolute Gasteiger partial charge is 0.414 e. The van der Waals surface area contributed by atoms with Crippen molar-refractivity contribution in [2.45, 2.75) is 45.4 Å². The van der Waals surface area contributed by atoms with Crippen molar-refractivity contribution in [1.29, 1.82) is 0 Å². The SMILES string of the molecule is CCCCCCOc1nsnc1C1=CN2CCC1CC2.O=C(O)C(=O)O. The van der Waals surface area contributed by atoms with Crippen LogP contribution in [0.25, 0.3) is 5.57 Å². The van der Waals surface area contributed by atoms with Crippen LogP contribution in [0.5, 0.6) is 5.88 Å². The van der Waals surface area contributed by atoms with Crippen molar-refractivity contribution in [2.75, 3.05) is 19.7 Å². The van der Waals surface area contributed by atoms with Crippen LogP contribution in [0.3, 0.4) is 0 Å². The maximum atomic E-state index is 9.10. The molecule has 4 rings (SSSR count). The fourth-order valence-corrected chi connectivity index (χ4v) is 3.56. The minimum atomic E-state index is -1.82. The van der Waals surface area contributed by atoms with E-state index >= 15 is 0 Å². The van der Waals surface area contributed by atoms with Crippen LogP contribution in [0, 0.1) is 5.92 Å². The van der Waals surface area contributed by atoms with E-state index in [1.165, 1.54) is 62.5 Å². The highest BCUT2D eigenvalue weighted by molar-refractivity contribution is 6.99. The molecule has 2 bridgehead atoms. The average molecular weight is 383 g/mol. The molecule has 0 saturated carbocycles. The third kappa shape index (κ3) is 5.69. The number of ether oxygens (including phenoxy) is 1. The summed E-state index contributed by atoms with van der Waals surface area (Å²) in [4.78, 5) is 20.6. The van der Waals surface area contributed by atoms with Gasteiger partial charge >= 0.3 is 11.9 Å². The molecule has 26 heavy (non-hydrogen) atoms. The lowest BCUT2D eigenvalue weighted by Crippen LogP contribution is -2.35. The van der Waals surface area contributed by atoms with Gasteiger partial charge in [0.2, 0.25) is 0 Å². The first-order valence-corrected chi connectivity index (χ1v) is 9.63. The molecule has 1 aromatic rings. The fraction of sp³-hybridized carbons (Fsp3) is 0.647. The number of fused-ring (bicyclic) bond motifs is 2. The van der Waals surface area contributed by atoms with Crippen molar-refractivity contribution in [2.24, 2.45) is 5.92 Å². The number of hydrogen-bond donors (Lipinski definition) is 2. The quantitative estimate of drug-likeness (QED) is 0.546. The van der Waals surface area contributed by atoms with Crippen molar-refractivity contribution in [3.63, 3.8) is 0 Å². The molecular weight excluding hydrogens is 358 g/mol. The Morgan fingerprint density at radius 1 is 1.19 bits per heavy atom. The van der Waals surface area contributed by atoms with Crippen molar-refractivity contribution >= 4 is 29.2 Å². The van der Waals surface area contributed by atoms with Crippen molar-refractivity contribution in [3.05, 3.63) is 11.9 Å². The topological polar surface area (TPSA) is 113 Å². The Morgan fingerprint density at radius 3 is 2.42 bits per heavy atom. The lowest BCUT2D eigenvalue weighted by molar-refractivity contribution is -0.159. The predicted octanol–water partition coefficient (Wildman–Crippen LogP) is 2.72. The molecule has 3 aliphatic rings. The molecule has 9 heteroatoms. The van der Waals surface area contributed by atoms with Gasteiger partial charge in [-0.25, -0.2) is 9.59 Å². The Bertz CT molecular complexity index is 626.